The summed E-state index contributed by atoms with van der Waals surface area (Å²) in [5.74, 6) is -4.27. The van der Waals surface area contributed by atoms with Gasteiger partial charge in [-0.1, -0.05) is 52.5 Å². The van der Waals surface area contributed by atoms with E-state index < -0.39 is 101 Å². The molecule has 0 amide bonds. The summed E-state index contributed by atoms with van der Waals surface area (Å²) in [6.07, 6.45) is 0. The molecule has 0 radical (unpaired) electrons. The van der Waals surface area contributed by atoms with E-state index in [4.69, 9.17) is 71.1 Å². The van der Waals surface area contributed by atoms with Crippen molar-refractivity contribution in [2.45, 2.75) is 33.4 Å². The number of nitrogens with two attached hydrogens (primary N) is 1. The van der Waals surface area contributed by atoms with Crippen LogP contribution in [0.2, 0.25) is 20.1 Å². The first kappa shape index (κ1) is 56.4. The van der Waals surface area contributed by atoms with Crippen LogP contribution in [0.1, 0.15) is 11.4 Å². The Kier molecular flexibility index (Phi) is 14.7. The summed E-state index contributed by atoms with van der Waals surface area (Å²) in [6, 6.07) is 9.88. The standard InChI is InChI=1S/C41H22Cl4N10O16S4.I3/c1-11-3-5-14-28(36(11)72(56,57)58)68-32-20(42)26-34(22(44)24(32)49-14)70-30-16(51-26)7-9-18(38(30)74(62,63)64)53-40-47-12(2)48-41(55-40)54-19-10-8-17-31(39(19)75(65,66)67)71-35-23(45)25-33(21(43)27(35)52-17)69-29-15(50-25)6-4-13(46)37(29)73(59,60)61;1-3-2/h3-10H,46H2,1-2H3,(H,56,57,58)(H,59,60,61)(H,62,63,64)(H,65,66,67)(H2,47,48,53,54,55);/q;-1. The van der Waals surface area contributed by atoms with Gasteiger partial charge < -0.3 is 35.3 Å². The number of hydrogen-bond donors (Lipinski definition) is 7. The molecular weight excluding hydrogens is 1540 g/mol. The number of benzene rings is 6. The molecular formula is C41H22Cl4I3N10O16S4-. The quantitative estimate of drug-likeness (QED) is 0.0508. The van der Waals surface area contributed by atoms with Gasteiger partial charge in [0.15, 0.2) is 60.7 Å². The van der Waals surface area contributed by atoms with E-state index in [1.807, 2.05) is 0 Å². The molecule has 78 heavy (non-hydrogen) atoms. The van der Waals surface area contributed by atoms with E-state index in [0.29, 0.717) is 13.3 Å². The minimum atomic E-state index is -5.28. The number of aryl methyl sites for hydroxylation is 2. The van der Waals surface area contributed by atoms with Crippen LogP contribution in [0, 0.1) is 13.8 Å². The number of nitrogens with zero attached hydrogens (tertiary/aromatic N) is 7. The van der Waals surface area contributed by atoms with Crippen LogP contribution in [0.25, 0.3) is 0 Å². The monoisotopic (exact) mass is 1560 g/mol. The van der Waals surface area contributed by atoms with Crippen LogP contribution in [0.5, 0.6) is 46.0 Å². The van der Waals surface area contributed by atoms with Gasteiger partial charge in [-0.05, 0) is 61.9 Å². The van der Waals surface area contributed by atoms with E-state index in [1.54, 1.807) is 0 Å². The van der Waals surface area contributed by atoms with Gasteiger partial charge in [-0.3, -0.25) is 18.2 Å². The first-order valence-electron chi connectivity index (χ1n) is 20.6. The van der Waals surface area contributed by atoms with Crippen molar-refractivity contribution in [3.63, 3.8) is 0 Å². The second kappa shape index (κ2) is 20.3. The molecule has 6 aromatic carbocycles. The molecule has 1 aromatic heterocycles. The number of anilines is 5. The van der Waals surface area contributed by atoms with Crippen molar-refractivity contribution >= 4 is 176 Å². The van der Waals surface area contributed by atoms with Crippen LogP contribution in [0.15, 0.2) is 88.1 Å². The fourth-order valence-corrected chi connectivity index (χ4v) is 12.3. The molecule has 37 heteroatoms. The zero-order valence-corrected chi connectivity index (χ0v) is 50.6. The number of hydrogen-bond acceptors (Lipinski definition) is 22. The third-order valence-corrected chi connectivity index (χ3v) is 16.3. The normalized spacial score (nSPS) is 13.5. The number of nitrogens with one attached hydrogen (secondary N) is 2. The van der Waals surface area contributed by atoms with Gasteiger partial charge >= 0.3 is 50.5 Å². The molecule has 4 aliphatic heterocycles. The Morgan fingerprint density at radius 3 is 1.09 bits per heavy atom. The molecule has 26 nitrogen and oxygen atoms in total. The Balaban J connectivity index is 0.00000224. The molecule has 5 heterocycles. The van der Waals surface area contributed by atoms with E-state index in [9.17, 15) is 51.9 Å². The summed E-state index contributed by atoms with van der Waals surface area (Å²) in [5, 5.41) is 3.03. The van der Waals surface area contributed by atoms with E-state index >= 15 is 0 Å². The average molecular weight is 1560 g/mol. The van der Waals surface area contributed by atoms with Gasteiger partial charge in [-0.2, -0.15) is 48.6 Å². The van der Waals surface area contributed by atoms with E-state index in [-0.39, 0.29) is 110 Å². The molecule has 406 valence electrons. The summed E-state index contributed by atoms with van der Waals surface area (Å²) < 4.78 is 167. The Bertz CT molecular complexity index is 4400. The van der Waals surface area contributed by atoms with Gasteiger partial charge in [-0.25, -0.2) is 20.0 Å². The van der Waals surface area contributed by atoms with Crippen LogP contribution in [0.4, 0.5) is 51.7 Å². The predicted octanol–water partition coefficient (Wildman–Crippen LogP) is 6.16. The molecule has 11 rings (SSSR count). The number of ether oxygens (including phenoxy) is 4. The van der Waals surface area contributed by atoms with E-state index in [1.165, 1.54) is 44.2 Å². The van der Waals surface area contributed by atoms with Crippen molar-refractivity contribution < 1.29 is 84.1 Å². The Labute approximate surface area is 486 Å². The number of fused-ring (bicyclic) bond motifs is 8. The number of nitrogen functional groups attached to an aromatic ring is 1. The van der Waals surface area contributed by atoms with Crippen molar-refractivity contribution in [2.75, 3.05) is 16.4 Å². The van der Waals surface area contributed by atoms with Gasteiger partial charge in [0.25, 0.3) is 40.5 Å². The number of rotatable bonds is 8. The second-order valence-corrected chi connectivity index (χ2v) is 39.2. The molecule has 4 aliphatic rings. The predicted molar refractivity (Wildman–Crippen MR) is 290 cm³/mol. The van der Waals surface area contributed by atoms with Crippen molar-refractivity contribution in [2.24, 2.45) is 20.0 Å². The molecule has 0 aliphatic carbocycles. The summed E-state index contributed by atoms with van der Waals surface area (Å²) in [6.45, 7) is 2.79. The third kappa shape index (κ3) is 9.99. The van der Waals surface area contributed by atoms with Crippen LogP contribution < -0.4 is 70.0 Å². The SMILES string of the molecule is Cc1nc(Nc2ccc3c(c2S(=O)(=O)O)Oc2c(Cl)c4c(c(Cl)c2=N3)Oc2c(ccc(C)c2S(=O)(=O)O)N=4)nc(Nc2ccc3c(c2S(=O)(=O)O)Oc2c(Cl)c4c(c(Cl)c2=N3)Oc2c(ccc(N)c2S(=O)(=O)O)N=4)n1.I[I-]I. The van der Waals surface area contributed by atoms with Crippen LogP contribution in [-0.4, -0.2) is 66.8 Å². The van der Waals surface area contributed by atoms with Gasteiger partial charge in [0.2, 0.25) is 11.9 Å². The number of aromatic nitrogens is 3. The average Bonchev–Trinajstić information content (AvgIpc) is 3.55. The topological polar surface area (TPSA) is 393 Å². The molecule has 7 aromatic rings. The first-order valence-corrected chi connectivity index (χ1v) is 40.5. The molecule has 8 N–H and O–H groups in total. The maximum absolute atomic E-state index is 13.2. The summed E-state index contributed by atoms with van der Waals surface area (Å²) in [7, 11) is -20.4. The Hall–Kier alpha value is -4.88. The van der Waals surface area contributed by atoms with Crippen LogP contribution >= 0.6 is 83.6 Å². The van der Waals surface area contributed by atoms with Crippen LogP contribution in [-0.2, 0) is 40.5 Å². The first-order chi connectivity index (χ1) is 36.5. The Morgan fingerprint density at radius 1 is 0.462 bits per heavy atom. The minimum absolute atomic E-state index is 0.0594. The van der Waals surface area contributed by atoms with Crippen molar-refractivity contribution in [3.05, 3.63) is 101 Å². The fraction of sp³-hybridized carbons (Fsp3) is 0.0488. The molecule has 0 saturated heterocycles. The summed E-state index contributed by atoms with van der Waals surface area (Å²) >= 11 is 32.2. The summed E-state index contributed by atoms with van der Waals surface area (Å²) in [5.41, 5.74) is 4.02. The molecule has 0 spiro atoms. The summed E-state index contributed by atoms with van der Waals surface area (Å²) in [4.78, 5) is 26.9. The second-order valence-electron chi connectivity index (χ2n) is 16.0. The molecule has 0 saturated carbocycles. The van der Waals surface area contributed by atoms with Gasteiger partial charge in [0, 0.05) is 0 Å². The number of halogens is 7. The van der Waals surface area contributed by atoms with Crippen LogP contribution in [0.3, 0.4) is 0 Å². The van der Waals surface area contributed by atoms with Gasteiger partial charge in [0.05, 0.1) is 17.1 Å². The molecule has 0 atom stereocenters. The van der Waals surface area contributed by atoms with Gasteiger partial charge in [-0.15, -0.1) is 0 Å². The third-order valence-electron chi connectivity index (χ3n) is 11.1. The molecule has 0 fully saturated rings. The zero-order valence-electron chi connectivity index (χ0n) is 37.8. The van der Waals surface area contributed by atoms with E-state index in [2.05, 4.69) is 82.8 Å². The molecule has 0 unspecified atom stereocenters. The zero-order chi connectivity index (χ0) is 56.5. The van der Waals surface area contributed by atoms with Gasteiger partial charge in [0.1, 0.15) is 75.0 Å². The molecule has 0 bridgehead atoms. The van der Waals surface area contributed by atoms with Crippen molar-refractivity contribution in [3.8, 4) is 46.0 Å². The van der Waals surface area contributed by atoms with E-state index in [0.717, 1.165) is 18.2 Å². The van der Waals surface area contributed by atoms with Crippen molar-refractivity contribution in [1.82, 2.24) is 15.0 Å². The maximum atomic E-state index is 13.2. The fourth-order valence-electron chi connectivity index (χ4n) is 8.11. The van der Waals surface area contributed by atoms with Crippen molar-refractivity contribution in [1.29, 1.82) is 0 Å². The Morgan fingerprint density at radius 2 is 0.756 bits per heavy atom.